The van der Waals surface area contributed by atoms with E-state index in [9.17, 15) is 4.79 Å². The van der Waals surface area contributed by atoms with Crippen LogP contribution in [0.3, 0.4) is 0 Å². The van der Waals surface area contributed by atoms with Gasteiger partial charge in [0.05, 0.1) is 25.8 Å². The summed E-state index contributed by atoms with van der Waals surface area (Å²) in [6, 6.07) is 17.1. The van der Waals surface area contributed by atoms with Crippen LogP contribution in [-0.2, 0) is 16.1 Å². The van der Waals surface area contributed by atoms with Gasteiger partial charge in [-0.15, -0.1) is 0 Å². The van der Waals surface area contributed by atoms with Gasteiger partial charge in [0, 0.05) is 18.2 Å². The number of aromatic nitrogens is 1. The highest BCUT2D eigenvalue weighted by molar-refractivity contribution is 5.73. The minimum atomic E-state index is -0.347. The maximum Gasteiger partial charge on any atom is 0.310 e. The molecule has 0 unspecified atom stereocenters. The van der Waals surface area contributed by atoms with Gasteiger partial charge in [-0.1, -0.05) is 37.3 Å². The van der Waals surface area contributed by atoms with Crippen molar-refractivity contribution in [3.8, 4) is 17.2 Å². The van der Waals surface area contributed by atoms with E-state index in [0.29, 0.717) is 12.4 Å². The molecule has 28 heavy (non-hydrogen) atoms. The molecular weight excluding hydrogens is 356 g/mol. The number of hydrogen-bond acceptors (Lipinski definition) is 6. The molecule has 3 aromatic rings. The van der Waals surface area contributed by atoms with E-state index in [0.717, 1.165) is 22.6 Å². The molecular formula is C22H24N2O4. The second-order valence-corrected chi connectivity index (χ2v) is 6.45. The summed E-state index contributed by atoms with van der Waals surface area (Å²) in [6.07, 6.45) is 1.62. The maximum absolute atomic E-state index is 12.1. The first-order valence-electron chi connectivity index (χ1n) is 9.07. The highest BCUT2D eigenvalue weighted by Gasteiger charge is 2.26. The molecule has 0 aliphatic heterocycles. The fraction of sp³-hybridized carbons (Fsp3) is 0.273. The van der Waals surface area contributed by atoms with Crippen molar-refractivity contribution >= 4 is 5.97 Å². The van der Waals surface area contributed by atoms with Gasteiger partial charge in [-0.05, 0) is 29.8 Å². The van der Waals surface area contributed by atoms with Gasteiger partial charge in [0.2, 0.25) is 5.89 Å². The minimum absolute atomic E-state index is 0.199. The topological polar surface area (TPSA) is 73.6 Å². The molecule has 0 amide bonds. The van der Waals surface area contributed by atoms with Gasteiger partial charge in [-0.25, -0.2) is 4.98 Å². The molecule has 0 fully saturated rings. The van der Waals surface area contributed by atoms with Crippen LogP contribution in [0.25, 0.3) is 11.5 Å². The molecule has 1 aromatic heterocycles. The molecule has 1 heterocycles. The molecule has 2 atom stereocenters. The summed E-state index contributed by atoms with van der Waals surface area (Å²) in [7, 11) is 3.03. The average molecular weight is 380 g/mol. The van der Waals surface area contributed by atoms with Gasteiger partial charge >= 0.3 is 5.97 Å². The molecule has 0 aliphatic carbocycles. The summed E-state index contributed by atoms with van der Waals surface area (Å²) in [5.41, 5.74) is 2.64. The SMILES string of the molecule is COC(=O)[C@@H](C)[C@@H](NCc1coc(-c2ccc(OC)cc2)n1)c1ccccc1. The molecule has 1 N–H and O–H groups in total. The molecule has 0 saturated heterocycles. The second kappa shape index (κ2) is 9.19. The number of benzene rings is 2. The number of nitrogens with one attached hydrogen (secondary N) is 1. The summed E-state index contributed by atoms with van der Waals surface area (Å²) in [6.45, 7) is 2.31. The van der Waals surface area contributed by atoms with Crippen LogP contribution in [0.15, 0.2) is 65.3 Å². The zero-order valence-corrected chi connectivity index (χ0v) is 16.2. The zero-order chi connectivity index (χ0) is 19.9. The maximum atomic E-state index is 12.1. The lowest BCUT2D eigenvalue weighted by atomic mass is 9.94. The first-order chi connectivity index (χ1) is 13.6. The lowest BCUT2D eigenvalue weighted by Crippen LogP contribution is -2.31. The van der Waals surface area contributed by atoms with Gasteiger partial charge < -0.3 is 19.2 Å². The summed E-state index contributed by atoms with van der Waals surface area (Å²) in [5.74, 6) is 0.706. The molecule has 3 rings (SSSR count). The third kappa shape index (κ3) is 4.58. The fourth-order valence-electron chi connectivity index (χ4n) is 3.03. The summed E-state index contributed by atoms with van der Waals surface area (Å²) in [4.78, 5) is 16.6. The fourth-order valence-corrected chi connectivity index (χ4v) is 3.03. The van der Waals surface area contributed by atoms with Crippen molar-refractivity contribution in [3.63, 3.8) is 0 Å². The van der Waals surface area contributed by atoms with E-state index in [4.69, 9.17) is 13.9 Å². The first kappa shape index (κ1) is 19.6. The molecule has 146 valence electrons. The van der Waals surface area contributed by atoms with Gasteiger partial charge in [-0.2, -0.15) is 0 Å². The molecule has 6 heteroatoms. The molecule has 0 bridgehead atoms. The van der Waals surface area contributed by atoms with Crippen LogP contribution in [0.4, 0.5) is 0 Å². The smallest absolute Gasteiger partial charge is 0.310 e. The number of ether oxygens (including phenoxy) is 2. The number of nitrogens with zero attached hydrogens (tertiary/aromatic N) is 1. The number of rotatable bonds is 8. The standard InChI is InChI=1S/C22H24N2O4/c1-15(22(25)27-3)20(16-7-5-4-6-8-16)23-13-18-14-28-21(24-18)17-9-11-19(26-2)12-10-17/h4-12,14-15,20,23H,13H2,1-3H3/t15-,20+/m0/s1. The molecule has 0 radical (unpaired) electrons. The average Bonchev–Trinajstić information content (AvgIpc) is 3.23. The Labute approximate surface area is 164 Å². The van der Waals surface area contributed by atoms with Crippen LogP contribution in [0, 0.1) is 5.92 Å². The first-order valence-corrected chi connectivity index (χ1v) is 9.07. The van der Waals surface area contributed by atoms with Crippen LogP contribution in [0.5, 0.6) is 5.75 Å². The van der Waals surface area contributed by atoms with Crippen molar-refractivity contribution in [2.45, 2.75) is 19.5 Å². The quantitative estimate of drug-likeness (QED) is 0.596. The van der Waals surface area contributed by atoms with E-state index in [1.165, 1.54) is 7.11 Å². The molecule has 0 aliphatic rings. The third-order valence-corrected chi connectivity index (χ3v) is 4.62. The summed E-state index contributed by atoms with van der Waals surface area (Å²) < 4.78 is 15.7. The van der Waals surface area contributed by atoms with Gasteiger partial charge in [-0.3, -0.25) is 4.79 Å². The Kier molecular flexibility index (Phi) is 6.45. The van der Waals surface area contributed by atoms with Gasteiger partial charge in [0.25, 0.3) is 0 Å². The summed E-state index contributed by atoms with van der Waals surface area (Å²) in [5, 5.41) is 3.41. The van der Waals surface area contributed by atoms with Gasteiger partial charge in [0.15, 0.2) is 0 Å². The van der Waals surface area contributed by atoms with Crippen molar-refractivity contribution in [1.82, 2.24) is 10.3 Å². The lowest BCUT2D eigenvalue weighted by molar-refractivity contribution is -0.146. The Bertz CT molecular complexity index is 890. The van der Waals surface area contributed by atoms with E-state index in [-0.39, 0.29) is 17.9 Å². The zero-order valence-electron chi connectivity index (χ0n) is 16.2. The van der Waals surface area contributed by atoms with Crippen molar-refractivity contribution in [2.24, 2.45) is 5.92 Å². The third-order valence-electron chi connectivity index (χ3n) is 4.62. The number of oxazole rings is 1. The Morgan fingerprint density at radius 2 is 1.82 bits per heavy atom. The van der Waals surface area contributed by atoms with E-state index < -0.39 is 0 Å². The van der Waals surface area contributed by atoms with E-state index in [1.54, 1.807) is 13.4 Å². The highest BCUT2D eigenvalue weighted by Crippen LogP contribution is 2.25. The monoisotopic (exact) mass is 380 g/mol. The highest BCUT2D eigenvalue weighted by atomic mass is 16.5. The number of esters is 1. The van der Waals surface area contributed by atoms with E-state index in [2.05, 4.69) is 10.3 Å². The van der Waals surface area contributed by atoms with Crippen LogP contribution in [0.2, 0.25) is 0 Å². The Balaban J connectivity index is 1.72. The number of methoxy groups -OCH3 is 2. The van der Waals surface area contributed by atoms with Crippen molar-refractivity contribution in [3.05, 3.63) is 72.1 Å². The molecule has 0 saturated carbocycles. The predicted octanol–water partition coefficient (Wildman–Crippen LogP) is 3.99. The number of carbonyl (C=O) groups excluding carboxylic acids is 1. The van der Waals surface area contributed by atoms with Crippen LogP contribution >= 0.6 is 0 Å². The molecule has 2 aromatic carbocycles. The number of hydrogen-bond donors (Lipinski definition) is 1. The van der Waals surface area contributed by atoms with Crippen LogP contribution < -0.4 is 10.1 Å². The van der Waals surface area contributed by atoms with E-state index >= 15 is 0 Å². The number of carbonyl (C=O) groups is 1. The van der Waals surface area contributed by atoms with Crippen LogP contribution in [0.1, 0.15) is 24.2 Å². The van der Waals surface area contributed by atoms with Crippen molar-refractivity contribution in [1.29, 1.82) is 0 Å². The Hall–Kier alpha value is -3.12. The molecule has 6 nitrogen and oxygen atoms in total. The van der Waals surface area contributed by atoms with Gasteiger partial charge in [0.1, 0.15) is 12.0 Å². The normalized spacial score (nSPS) is 13.0. The van der Waals surface area contributed by atoms with Crippen molar-refractivity contribution < 1.29 is 18.7 Å². The Morgan fingerprint density at radius 3 is 2.46 bits per heavy atom. The minimum Gasteiger partial charge on any atom is -0.497 e. The molecule has 0 spiro atoms. The Morgan fingerprint density at radius 1 is 1.11 bits per heavy atom. The predicted molar refractivity (Wildman–Crippen MR) is 106 cm³/mol. The second-order valence-electron chi connectivity index (χ2n) is 6.45. The largest absolute Gasteiger partial charge is 0.497 e. The lowest BCUT2D eigenvalue weighted by Gasteiger charge is -2.23. The summed E-state index contributed by atoms with van der Waals surface area (Å²) >= 11 is 0. The van der Waals surface area contributed by atoms with Crippen molar-refractivity contribution in [2.75, 3.05) is 14.2 Å². The van der Waals surface area contributed by atoms with E-state index in [1.807, 2.05) is 61.5 Å². The van der Waals surface area contributed by atoms with Crippen LogP contribution in [-0.4, -0.2) is 25.2 Å².